The van der Waals surface area contributed by atoms with Crippen molar-refractivity contribution in [2.75, 3.05) is 20.1 Å². The monoisotopic (exact) mass is 321 g/mol. The van der Waals surface area contributed by atoms with E-state index in [1.807, 2.05) is 24.3 Å². The molecule has 0 aliphatic carbocycles. The van der Waals surface area contributed by atoms with Gasteiger partial charge in [0.25, 0.3) is 5.91 Å². The fraction of sp³-hybridized carbons (Fsp3) is 0.500. The largest absolute Gasteiger partial charge is 0.382 e. The van der Waals surface area contributed by atoms with Crippen molar-refractivity contribution < 1.29 is 9.63 Å². The topological polar surface area (TPSA) is 53.9 Å². The van der Waals surface area contributed by atoms with Crippen molar-refractivity contribution in [2.24, 2.45) is 5.16 Å². The lowest BCUT2D eigenvalue weighted by Crippen LogP contribution is -2.49. The summed E-state index contributed by atoms with van der Waals surface area (Å²) < 4.78 is 0. The number of hydrogen-bond donors (Lipinski definition) is 1. The van der Waals surface area contributed by atoms with Crippen LogP contribution < -0.4 is 5.32 Å². The van der Waals surface area contributed by atoms with Crippen LogP contribution >= 0.6 is 11.6 Å². The third kappa shape index (κ3) is 3.59. The average molecular weight is 322 g/mol. The number of benzene rings is 1. The summed E-state index contributed by atoms with van der Waals surface area (Å²) in [5.41, 5.74) is 1.73. The second-order valence-electron chi connectivity index (χ2n) is 5.95. The van der Waals surface area contributed by atoms with Gasteiger partial charge in [0.05, 0.1) is 5.71 Å². The van der Waals surface area contributed by atoms with Gasteiger partial charge in [-0.15, -0.1) is 0 Å². The van der Waals surface area contributed by atoms with Crippen LogP contribution in [0.25, 0.3) is 0 Å². The summed E-state index contributed by atoms with van der Waals surface area (Å²) in [4.78, 5) is 19.8. The molecule has 2 atom stereocenters. The molecule has 0 radical (unpaired) electrons. The van der Waals surface area contributed by atoms with Crippen molar-refractivity contribution in [2.45, 2.75) is 31.4 Å². The summed E-state index contributed by atoms with van der Waals surface area (Å²) in [6.45, 7) is 1.99. The molecule has 1 N–H and O–H groups in total. The predicted octanol–water partition coefficient (Wildman–Crippen LogP) is 2.04. The highest BCUT2D eigenvalue weighted by Crippen LogP contribution is 2.19. The first-order valence-electron chi connectivity index (χ1n) is 7.59. The Morgan fingerprint density at radius 2 is 2.18 bits per heavy atom. The van der Waals surface area contributed by atoms with E-state index in [1.54, 1.807) is 0 Å². The highest BCUT2D eigenvalue weighted by molar-refractivity contribution is 6.30. The summed E-state index contributed by atoms with van der Waals surface area (Å²) in [6.07, 6.45) is 2.10. The molecular formula is C16H20ClN3O2. The Morgan fingerprint density at radius 1 is 1.41 bits per heavy atom. The van der Waals surface area contributed by atoms with Crippen molar-refractivity contribution in [3.63, 3.8) is 0 Å². The first-order chi connectivity index (χ1) is 10.6. The van der Waals surface area contributed by atoms with Crippen molar-refractivity contribution in [3.8, 4) is 0 Å². The molecule has 2 heterocycles. The average Bonchev–Trinajstić information content (AvgIpc) is 2.98. The summed E-state index contributed by atoms with van der Waals surface area (Å²) in [5, 5.41) is 7.80. The molecule has 0 aromatic heterocycles. The molecule has 1 aromatic carbocycles. The number of hydrogen-bond acceptors (Lipinski definition) is 4. The second kappa shape index (κ2) is 6.67. The quantitative estimate of drug-likeness (QED) is 0.927. The lowest BCUT2D eigenvalue weighted by molar-refractivity contribution is -0.132. The van der Waals surface area contributed by atoms with Gasteiger partial charge in [0.1, 0.15) is 0 Å². The number of piperidine rings is 1. The third-order valence-electron chi connectivity index (χ3n) is 4.11. The molecule has 5 nitrogen and oxygen atoms in total. The molecule has 1 amide bonds. The van der Waals surface area contributed by atoms with E-state index in [4.69, 9.17) is 16.4 Å². The molecule has 0 unspecified atom stereocenters. The van der Waals surface area contributed by atoms with Gasteiger partial charge < -0.3 is 15.1 Å². The highest BCUT2D eigenvalue weighted by Gasteiger charge is 2.31. The van der Waals surface area contributed by atoms with Crippen molar-refractivity contribution in [1.82, 2.24) is 10.2 Å². The normalized spacial score (nSPS) is 25.5. The number of amides is 1. The molecule has 6 heteroatoms. The van der Waals surface area contributed by atoms with Gasteiger partial charge in [0.2, 0.25) is 6.10 Å². The Kier molecular flexibility index (Phi) is 4.64. The number of oxime groups is 1. The zero-order chi connectivity index (χ0) is 15.5. The minimum absolute atomic E-state index is 0.0759. The Balaban J connectivity index is 1.54. The van der Waals surface area contributed by atoms with Gasteiger partial charge in [-0.25, -0.2) is 0 Å². The Hall–Kier alpha value is -1.59. The van der Waals surface area contributed by atoms with E-state index in [2.05, 4.69) is 22.4 Å². The molecule has 3 rings (SSSR count). The van der Waals surface area contributed by atoms with Crippen LogP contribution in [0.4, 0.5) is 0 Å². The number of likely N-dealkylation sites (tertiary alicyclic amines) is 1. The first-order valence-corrected chi connectivity index (χ1v) is 7.97. The van der Waals surface area contributed by atoms with E-state index in [1.165, 1.54) is 0 Å². The van der Waals surface area contributed by atoms with Crippen molar-refractivity contribution in [3.05, 3.63) is 34.9 Å². The van der Waals surface area contributed by atoms with Crippen LogP contribution in [0.3, 0.4) is 0 Å². The van der Waals surface area contributed by atoms with Crippen LogP contribution in [0.2, 0.25) is 5.02 Å². The molecule has 2 aliphatic rings. The molecule has 2 aliphatic heterocycles. The van der Waals surface area contributed by atoms with Crippen LogP contribution in [0.15, 0.2) is 29.4 Å². The summed E-state index contributed by atoms with van der Waals surface area (Å²) in [5.74, 6) is -0.0759. The molecule has 1 saturated heterocycles. The fourth-order valence-corrected chi connectivity index (χ4v) is 3.04. The fourth-order valence-electron chi connectivity index (χ4n) is 2.91. The van der Waals surface area contributed by atoms with Crippen molar-refractivity contribution >= 4 is 23.2 Å². The Morgan fingerprint density at radius 3 is 2.91 bits per heavy atom. The summed E-state index contributed by atoms with van der Waals surface area (Å²) in [7, 11) is 2.08. The first kappa shape index (κ1) is 15.3. The van der Waals surface area contributed by atoms with E-state index in [0.717, 1.165) is 37.2 Å². The molecule has 1 fully saturated rings. The molecule has 1 aromatic rings. The van der Waals surface area contributed by atoms with Crippen molar-refractivity contribution in [1.29, 1.82) is 0 Å². The van der Waals surface area contributed by atoms with Gasteiger partial charge in [-0.05, 0) is 44.1 Å². The third-order valence-corrected chi connectivity index (χ3v) is 4.36. The van der Waals surface area contributed by atoms with Crippen LogP contribution in [0.1, 0.15) is 24.8 Å². The Labute approximate surface area is 135 Å². The molecule has 118 valence electrons. The van der Waals surface area contributed by atoms with Gasteiger partial charge in [0, 0.05) is 24.0 Å². The number of carbonyl (C=O) groups is 1. The van der Waals surface area contributed by atoms with E-state index >= 15 is 0 Å². The van der Waals surface area contributed by atoms with Crippen LogP contribution in [0, 0.1) is 0 Å². The Bertz CT molecular complexity index is 573. The number of likely N-dealkylation sites (N-methyl/N-ethyl adjacent to an activating group) is 1. The predicted molar refractivity (Wildman–Crippen MR) is 86.1 cm³/mol. The highest BCUT2D eigenvalue weighted by atomic mass is 35.5. The van der Waals surface area contributed by atoms with Crippen LogP contribution in [0.5, 0.6) is 0 Å². The lowest BCUT2D eigenvalue weighted by Gasteiger charge is -2.30. The number of halogens is 1. The molecule has 0 bridgehead atoms. The second-order valence-corrected chi connectivity index (χ2v) is 6.39. The van der Waals surface area contributed by atoms with Gasteiger partial charge >= 0.3 is 0 Å². The van der Waals surface area contributed by atoms with E-state index < -0.39 is 6.10 Å². The van der Waals surface area contributed by atoms with Crippen LogP contribution in [-0.4, -0.2) is 48.8 Å². The lowest BCUT2D eigenvalue weighted by atomic mass is 10.0. The van der Waals surface area contributed by atoms with Gasteiger partial charge in [-0.2, -0.15) is 0 Å². The smallest absolute Gasteiger partial charge is 0.264 e. The van der Waals surface area contributed by atoms with Crippen LogP contribution in [-0.2, 0) is 9.63 Å². The minimum atomic E-state index is -0.530. The van der Waals surface area contributed by atoms with E-state index in [-0.39, 0.29) is 11.9 Å². The number of nitrogens with zero attached hydrogens (tertiary/aromatic N) is 2. The minimum Gasteiger partial charge on any atom is -0.382 e. The zero-order valence-corrected chi connectivity index (χ0v) is 13.3. The maximum absolute atomic E-state index is 12.3. The molecular weight excluding hydrogens is 302 g/mol. The number of rotatable bonds is 3. The van der Waals surface area contributed by atoms with E-state index in [9.17, 15) is 4.79 Å². The zero-order valence-electron chi connectivity index (χ0n) is 12.6. The number of nitrogens with one attached hydrogen (secondary N) is 1. The number of carbonyl (C=O) groups excluding carboxylic acids is 1. The van der Waals surface area contributed by atoms with E-state index in [0.29, 0.717) is 11.4 Å². The molecule has 0 saturated carbocycles. The summed E-state index contributed by atoms with van der Waals surface area (Å²) >= 11 is 5.88. The van der Waals surface area contributed by atoms with Gasteiger partial charge in [-0.3, -0.25) is 4.79 Å². The molecule has 22 heavy (non-hydrogen) atoms. The summed E-state index contributed by atoms with van der Waals surface area (Å²) in [6, 6.07) is 7.60. The maximum Gasteiger partial charge on any atom is 0.264 e. The molecule has 0 spiro atoms. The van der Waals surface area contributed by atoms with Gasteiger partial charge in [-0.1, -0.05) is 28.9 Å². The van der Waals surface area contributed by atoms with Gasteiger partial charge in [0.15, 0.2) is 0 Å². The maximum atomic E-state index is 12.3. The standard InChI is InChI=1S/C16H20ClN3O2/c1-20-8-2-3-13(10-20)18-16(21)15-9-14(19-22-15)11-4-6-12(17)7-5-11/h4-7,13,15H,2-3,8-10H2,1H3,(H,18,21)/t13-,15+/m0/s1. The SMILES string of the molecule is CN1CCC[C@H](NC(=O)[C@H]2CC(c3ccc(Cl)cc3)=NO2)C1.